The Morgan fingerprint density at radius 2 is 1.33 bits per heavy atom. The molecular weight excluding hydrogens is 559 g/mol. The van der Waals surface area contributed by atoms with Gasteiger partial charge < -0.3 is 30.5 Å². The van der Waals surface area contributed by atoms with Crippen LogP contribution in [0.1, 0.15) is 66.4 Å². The number of carbonyl (C=O) groups excluding carboxylic acids is 4. The van der Waals surface area contributed by atoms with E-state index >= 15 is 0 Å². The van der Waals surface area contributed by atoms with Gasteiger partial charge in [-0.1, -0.05) is 71.9 Å². The molecule has 238 valence electrons. The molecule has 1 aromatic carbocycles. The number of hydrogen-bond acceptors (Lipinski definition) is 7. The first-order chi connectivity index (χ1) is 19.7. The van der Waals surface area contributed by atoms with Gasteiger partial charge in [0.05, 0.1) is 6.29 Å². The molecule has 4 N–H and O–H groups in total. The number of ether oxygens (including phenoxy) is 1. The molecular formula is C30H51N4O7P. The zero-order valence-electron chi connectivity index (χ0n) is 26.4. The summed E-state index contributed by atoms with van der Waals surface area (Å²) in [5.41, 5.74) is 0.810. The summed E-state index contributed by atoms with van der Waals surface area (Å²) in [6, 6.07) is 7.54. The van der Waals surface area contributed by atoms with Crippen molar-refractivity contribution >= 4 is 31.2 Å². The third kappa shape index (κ3) is 14.3. The summed E-state index contributed by atoms with van der Waals surface area (Å²) in [5, 5.41) is 10.7. The first kappa shape index (κ1) is 37.1. The summed E-state index contributed by atoms with van der Waals surface area (Å²) in [6.45, 7) is 11.7. The smallest absolute Gasteiger partial charge is 0.408 e. The van der Waals surface area contributed by atoms with Gasteiger partial charge in [-0.3, -0.25) is 18.9 Å². The molecule has 1 rings (SSSR count). The van der Waals surface area contributed by atoms with E-state index in [1.165, 1.54) is 14.2 Å². The number of amides is 4. The van der Waals surface area contributed by atoms with Crippen LogP contribution >= 0.6 is 7.37 Å². The van der Waals surface area contributed by atoms with Crippen LogP contribution < -0.4 is 21.3 Å². The zero-order valence-corrected chi connectivity index (χ0v) is 27.3. The first-order valence-electron chi connectivity index (χ1n) is 14.6. The van der Waals surface area contributed by atoms with Crippen LogP contribution in [0.25, 0.3) is 0 Å². The Balaban J connectivity index is 2.93. The number of nitrogens with one attached hydrogen (secondary N) is 4. The van der Waals surface area contributed by atoms with E-state index in [4.69, 9.17) is 9.26 Å². The summed E-state index contributed by atoms with van der Waals surface area (Å²) < 4.78 is 24.4. The zero-order chi connectivity index (χ0) is 31.9. The van der Waals surface area contributed by atoms with Crippen molar-refractivity contribution in [2.45, 2.75) is 79.5 Å². The molecule has 12 heteroatoms. The molecule has 0 bridgehead atoms. The third-order valence-electron chi connectivity index (χ3n) is 6.57. The third-order valence-corrected chi connectivity index (χ3v) is 8.87. The first-order valence-corrected chi connectivity index (χ1v) is 16.6. The Kier molecular flexibility index (Phi) is 16.4. The van der Waals surface area contributed by atoms with Crippen LogP contribution in [0.2, 0.25) is 0 Å². The minimum absolute atomic E-state index is 0.0544. The second-order valence-corrected chi connectivity index (χ2v) is 14.6. The van der Waals surface area contributed by atoms with E-state index in [-0.39, 0.29) is 48.6 Å². The molecule has 0 saturated heterocycles. The van der Waals surface area contributed by atoms with E-state index in [1.807, 2.05) is 71.9 Å². The van der Waals surface area contributed by atoms with Crippen LogP contribution in [-0.4, -0.2) is 62.5 Å². The van der Waals surface area contributed by atoms with Gasteiger partial charge in [0.25, 0.3) is 0 Å². The average molecular weight is 611 g/mol. The van der Waals surface area contributed by atoms with Crippen molar-refractivity contribution in [1.29, 1.82) is 0 Å². The topological polar surface area (TPSA) is 152 Å². The Hall–Kier alpha value is -2.91. The number of likely N-dealkylation sites (N-methyl/N-ethyl adjacent to an activating group) is 1. The van der Waals surface area contributed by atoms with Gasteiger partial charge in [0.15, 0.2) is 0 Å². The molecule has 0 saturated carbocycles. The Labute approximate surface area is 251 Å². The minimum atomic E-state index is -3.52. The van der Waals surface area contributed by atoms with E-state index in [0.29, 0.717) is 19.3 Å². The maximum Gasteiger partial charge on any atom is 0.408 e. The van der Waals surface area contributed by atoms with Gasteiger partial charge in [-0.25, -0.2) is 4.79 Å². The summed E-state index contributed by atoms with van der Waals surface area (Å²) in [6.07, 6.45) is 0.0337. The molecule has 0 heterocycles. The van der Waals surface area contributed by atoms with Gasteiger partial charge in [-0.05, 0) is 42.6 Å². The molecule has 1 aromatic rings. The second-order valence-electron chi connectivity index (χ2n) is 11.9. The number of alkyl carbamates (subject to hydrolysis) is 1. The molecule has 4 amide bonds. The molecule has 0 aliphatic heterocycles. The van der Waals surface area contributed by atoms with Gasteiger partial charge in [0.1, 0.15) is 18.7 Å². The average Bonchev–Trinajstić information content (AvgIpc) is 2.93. The molecule has 42 heavy (non-hydrogen) atoms. The molecule has 0 aromatic heterocycles. The van der Waals surface area contributed by atoms with E-state index in [9.17, 15) is 23.7 Å². The highest BCUT2D eigenvalue weighted by atomic mass is 31.2. The lowest BCUT2D eigenvalue weighted by molar-refractivity contribution is -0.131. The van der Waals surface area contributed by atoms with Crippen molar-refractivity contribution < 1.29 is 33.0 Å². The Morgan fingerprint density at radius 3 is 1.83 bits per heavy atom. The summed E-state index contributed by atoms with van der Waals surface area (Å²) in [7, 11) is -0.721. The molecule has 0 spiro atoms. The summed E-state index contributed by atoms with van der Waals surface area (Å²) in [5.74, 6) is -1.58. The maximum atomic E-state index is 13.8. The fourth-order valence-corrected chi connectivity index (χ4v) is 6.26. The lowest BCUT2D eigenvalue weighted by Gasteiger charge is -2.27. The Bertz CT molecular complexity index is 1050. The van der Waals surface area contributed by atoms with Crippen LogP contribution in [-0.2, 0) is 34.8 Å². The maximum absolute atomic E-state index is 13.8. The molecule has 0 aliphatic rings. The quantitative estimate of drug-likeness (QED) is 0.181. The van der Waals surface area contributed by atoms with Crippen LogP contribution in [0.15, 0.2) is 30.3 Å². The fourth-order valence-electron chi connectivity index (χ4n) is 4.47. The fraction of sp³-hybridized carbons (Fsp3) is 0.667. The number of carbonyl (C=O) groups is 4. The monoisotopic (exact) mass is 610 g/mol. The second kappa shape index (κ2) is 18.6. The van der Waals surface area contributed by atoms with E-state index in [0.717, 1.165) is 5.56 Å². The van der Waals surface area contributed by atoms with E-state index in [1.54, 1.807) is 0 Å². The van der Waals surface area contributed by atoms with E-state index < -0.39 is 37.4 Å². The van der Waals surface area contributed by atoms with Gasteiger partial charge >= 0.3 is 6.09 Å². The predicted molar refractivity (Wildman–Crippen MR) is 164 cm³/mol. The number of benzene rings is 1. The standard InChI is InChI=1S/C30H51N4O7P/c1-20(2)14-24(27(35)33-25(15-21(3)4)28(36)31-7)18-42(39,40-8)19-32-29(37)26(16-22(5)6)34-30(38)41-17-23-12-10-9-11-13-23/h9-13,20-22,24-26H,14-19H2,1-8H3,(H,31,36)(H,32,37)(H,33,35)(H,34,38)/t24?,25-,26-,42?/m0/s1. The molecule has 2 unspecified atom stereocenters. The summed E-state index contributed by atoms with van der Waals surface area (Å²) >= 11 is 0. The van der Waals surface area contributed by atoms with Crippen molar-refractivity contribution in [2.75, 3.05) is 26.6 Å². The van der Waals surface area contributed by atoms with Gasteiger partial charge in [0, 0.05) is 26.2 Å². The minimum Gasteiger partial charge on any atom is -0.445 e. The lowest BCUT2D eigenvalue weighted by atomic mass is 9.96. The lowest BCUT2D eigenvalue weighted by Crippen LogP contribution is -2.49. The Morgan fingerprint density at radius 1 is 0.786 bits per heavy atom. The number of rotatable bonds is 18. The van der Waals surface area contributed by atoms with Crippen molar-refractivity contribution in [1.82, 2.24) is 21.3 Å². The normalized spacial score (nSPS) is 14.9. The van der Waals surface area contributed by atoms with Crippen molar-refractivity contribution in [2.24, 2.45) is 23.7 Å². The molecule has 0 fully saturated rings. The van der Waals surface area contributed by atoms with E-state index in [2.05, 4.69) is 21.3 Å². The molecule has 0 aliphatic carbocycles. The van der Waals surface area contributed by atoms with Gasteiger partial charge in [-0.2, -0.15) is 0 Å². The summed E-state index contributed by atoms with van der Waals surface area (Å²) in [4.78, 5) is 51.3. The molecule has 11 nitrogen and oxygen atoms in total. The van der Waals surface area contributed by atoms with Crippen molar-refractivity contribution in [3.8, 4) is 0 Å². The SMILES string of the molecule is CNC(=O)[C@H](CC(C)C)NC(=O)C(CC(C)C)CP(=O)(CNC(=O)[C@H](CC(C)C)NC(=O)OCc1ccccc1)OC. The highest BCUT2D eigenvalue weighted by Gasteiger charge is 2.34. The number of hydrogen-bond donors (Lipinski definition) is 4. The van der Waals surface area contributed by atoms with Crippen molar-refractivity contribution in [3.05, 3.63) is 35.9 Å². The van der Waals surface area contributed by atoms with Crippen LogP contribution in [0, 0.1) is 23.7 Å². The van der Waals surface area contributed by atoms with Crippen molar-refractivity contribution in [3.63, 3.8) is 0 Å². The molecule has 0 radical (unpaired) electrons. The highest BCUT2D eigenvalue weighted by Crippen LogP contribution is 2.47. The van der Waals surface area contributed by atoms with Crippen LogP contribution in [0.3, 0.4) is 0 Å². The van der Waals surface area contributed by atoms with Crippen LogP contribution in [0.5, 0.6) is 0 Å². The van der Waals surface area contributed by atoms with Gasteiger partial charge in [0.2, 0.25) is 25.1 Å². The molecule has 4 atom stereocenters. The van der Waals surface area contributed by atoms with Crippen LogP contribution in [0.4, 0.5) is 4.79 Å². The highest BCUT2D eigenvalue weighted by molar-refractivity contribution is 7.59. The predicted octanol–water partition coefficient (Wildman–Crippen LogP) is 4.26. The van der Waals surface area contributed by atoms with Gasteiger partial charge in [-0.15, -0.1) is 0 Å². The largest absolute Gasteiger partial charge is 0.445 e.